The van der Waals surface area contributed by atoms with Crippen LogP contribution in [0.25, 0.3) is 10.6 Å². The van der Waals surface area contributed by atoms with Crippen molar-refractivity contribution in [1.29, 1.82) is 0 Å². The molecule has 0 aliphatic carbocycles. The molecule has 2 aliphatic heterocycles. The first kappa shape index (κ1) is 20.0. The third kappa shape index (κ3) is 4.13. The Kier molecular flexibility index (Phi) is 5.56. The SMILES string of the molecule is Cn1nc(-c2cccs2)cc1C(=O)N1CCN(c2ccc(N3CCOCC3)nn2)CC1. The lowest BCUT2D eigenvalue weighted by Gasteiger charge is -2.35. The highest BCUT2D eigenvalue weighted by Gasteiger charge is 2.26. The molecule has 3 aromatic heterocycles. The normalized spacial score (nSPS) is 17.3. The minimum Gasteiger partial charge on any atom is -0.378 e. The lowest BCUT2D eigenvalue weighted by atomic mass is 10.2. The second kappa shape index (κ2) is 8.64. The molecule has 5 rings (SSSR count). The molecule has 31 heavy (non-hydrogen) atoms. The lowest BCUT2D eigenvalue weighted by Crippen LogP contribution is -2.49. The van der Waals surface area contributed by atoms with Crippen LogP contribution in [0.4, 0.5) is 11.6 Å². The molecule has 0 radical (unpaired) electrons. The van der Waals surface area contributed by atoms with Crippen LogP contribution in [0.3, 0.4) is 0 Å². The summed E-state index contributed by atoms with van der Waals surface area (Å²) in [6, 6.07) is 9.93. The highest BCUT2D eigenvalue weighted by Crippen LogP contribution is 2.25. The van der Waals surface area contributed by atoms with Crippen molar-refractivity contribution in [2.24, 2.45) is 7.05 Å². The van der Waals surface area contributed by atoms with Gasteiger partial charge in [0, 0.05) is 46.3 Å². The Morgan fingerprint density at radius 1 is 0.968 bits per heavy atom. The van der Waals surface area contributed by atoms with Crippen molar-refractivity contribution in [2.75, 3.05) is 62.3 Å². The van der Waals surface area contributed by atoms with E-state index >= 15 is 0 Å². The molecule has 2 aliphatic rings. The Hall–Kier alpha value is -2.98. The zero-order valence-corrected chi connectivity index (χ0v) is 18.3. The molecule has 10 heteroatoms. The molecule has 9 nitrogen and oxygen atoms in total. The quantitative estimate of drug-likeness (QED) is 0.613. The molecular weight excluding hydrogens is 414 g/mol. The predicted molar refractivity (Wildman–Crippen MR) is 120 cm³/mol. The first-order chi connectivity index (χ1) is 15.2. The van der Waals surface area contributed by atoms with E-state index in [1.807, 2.05) is 47.7 Å². The third-order valence-corrected chi connectivity index (χ3v) is 6.63. The van der Waals surface area contributed by atoms with Crippen molar-refractivity contribution >= 4 is 28.9 Å². The molecule has 0 unspecified atom stereocenters. The summed E-state index contributed by atoms with van der Waals surface area (Å²) in [7, 11) is 1.83. The van der Waals surface area contributed by atoms with E-state index in [9.17, 15) is 4.79 Å². The number of nitrogens with zero attached hydrogens (tertiary/aromatic N) is 7. The van der Waals surface area contributed by atoms with E-state index in [0.29, 0.717) is 18.8 Å². The molecule has 0 N–H and O–H groups in total. The van der Waals surface area contributed by atoms with Gasteiger partial charge in [-0.3, -0.25) is 9.48 Å². The molecule has 0 bridgehead atoms. The summed E-state index contributed by atoms with van der Waals surface area (Å²) >= 11 is 1.62. The van der Waals surface area contributed by atoms with Crippen LogP contribution < -0.4 is 9.80 Å². The second-order valence-electron chi connectivity index (χ2n) is 7.64. The van der Waals surface area contributed by atoms with Crippen molar-refractivity contribution < 1.29 is 9.53 Å². The summed E-state index contributed by atoms with van der Waals surface area (Å²) in [5.41, 5.74) is 1.46. The first-order valence-electron chi connectivity index (χ1n) is 10.5. The largest absolute Gasteiger partial charge is 0.378 e. The number of amides is 1. The van der Waals surface area contributed by atoms with E-state index in [-0.39, 0.29) is 5.91 Å². The molecule has 2 fully saturated rings. The maximum absolute atomic E-state index is 13.1. The fourth-order valence-corrected chi connectivity index (χ4v) is 4.64. The van der Waals surface area contributed by atoms with Gasteiger partial charge in [-0.2, -0.15) is 5.10 Å². The predicted octanol–water partition coefficient (Wildman–Crippen LogP) is 1.74. The first-order valence-corrected chi connectivity index (χ1v) is 11.4. The summed E-state index contributed by atoms with van der Waals surface area (Å²) < 4.78 is 7.07. The Balaban J connectivity index is 1.21. The standard InChI is InChI=1S/C21H25N7O2S/c1-25-17(15-16(24-25)18-3-2-14-31-18)21(29)28-8-6-26(7-9-28)19-4-5-20(23-22-19)27-10-12-30-13-11-27/h2-5,14-15H,6-13H2,1H3. The number of anilines is 2. The van der Waals surface area contributed by atoms with Gasteiger partial charge < -0.3 is 19.4 Å². The van der Waals surface area contributed by atoms with Gasteiger partial charge in [0.15, 0.2) is 11.6 Å². The molecule has 162 valence electrons. The van der Waals surface area contributed by atoms with Crippen LogP contribution in [0, 0.1) is 0 Å². The fourth-order valence-electron chi connectivity index (χ4n) is 3.96. The Morgan fingerprint density at radius 3 is 2.26 bits per heavy atom. The Morgan fingerprint density at radius 2 is 1.65 bits per heavy atom. The molecule has 1 amide bonds. The third-order valence-electron chi connectivity index (χ3n) is 5.73. The topological polar surface area (TPSA) is 79.6 Å². The number of piperazine rings is 1. The van der Waals surface area contributed by atoms with Crippen LogP contribution in [0.5, 0.6) is 0 Å². The van der Waals surface area contributed by atoms with Crippen molar-refractivity contribution in [3.63, 3.8) is 0 Å². The summed E-state index contributed by atoms with van der Waals surface area (Å²) in [5, 5.41) is 15.4. The van der Waals surface area contributed by atoms with Crippen molar-refractivity contribution in [1.82, 2.24) is 24.9 Å². The van der Waals surface area contributed by atoms with Gasteiger partial charge in [-0.05, 0) is 29.6 Å². The number of aromatic nitrogens is 4. The van der Waals surface area contributed by atoms with Crippen LogP contribution >= 0.6 is 11.3 Å². The molecule has 0 spiro atoms. The van der Waals surface area contributed by atoms with Crippen molar-refractivity contribution in [3.05, 3.63) is 41.4 Å². The van der Waals surface area contributed by atoms with Crippen LogP contribution in [0.15, 0.2) is 35.7 Å². The number of thiophene rings is 1. The number of hydrogen-bond acceptors (Lipinski definition) is 8. The van der Waals surface area contributed by atoms with Gasteiger partial charge in [-0.15, -0.1) is 21.5 Å². The molecule has 0 saturated carbocycles. The van der Waals surface area contributed by atoms with Gasteiger partial charge in [-0.25, -0.2) is 0 Å². The minimum atomic E-state index is 0.0196. The molecule has 3 aromatic rings. The highest BCUT2D eigenvalue weighted by molar-refractivity contribution is 7.13. The van der Waals surface area contributed by atoms with E-state index in [1.54, 1.807) is 16.0 Å². The summed E-state index contributed by atoms with van der Waals surface area (Å²) in [5.74, 6) is 1.76. The molecular formula is C21H25N7O2S. The maximum Gasteiger partial charge on any atom is 0.272 e. The van der Waals surface area contributed by atoms with Gasteiger partial charge in [0.25, 0.3) is 5.91 Å². The fraction of sp³-hybridized carbons (Fsp3) is 0.429. The number of ether oxygens (including phenoxy) is 1. The maximum atomic E-state index is 13.1. The zero-order valence-electron chi connectivity index (χ0n) is 17.5. The molecule has 5 heterocycles. The number of morpholine rings is 1. The zero-order chi connectivity index (χ0) is 21.2. The van der Waals surface area contributed by atoms with Crippen molar-refractivity contribution in [3.8, 4) is 10.6 Å². The summed E-state index contributed by atoms with van der Waals surface area (Å²) in [6.45, 7) is 5.89. The summed E-state index contributed by atoms with van der Waals surface area (Å²) in [4.78, 5) is 20.4. The smallest absolute Gasteiger partial charge is 0.272 e. The monoisotopic (exact) mass is 439 g/mol. The molecule has 0 atom stereocenters. The van der Waals surface area contributed by atoms with Crippen LogP contribution in [-0.2, 0) is 11.8 Å². The van der Waals surface area contributed by atoms with Crippen molar-refractivity contribution in [2.45, 2.75) is 0 Å². The average Bonchev–Trinajstić information content (AvgIpc) is 3.49. The van der Waals surface area contributed by atoms with Gasteiger partial charge in [0.1, 0.15) is 11.4 Å². The highest BCUT2D eigenvalue weighted by atomic mass is 32.1. The number of aryl methyl sites for hydroxylation is 1. The number of carbonyl (C=O) groups excluding carboxylic acids is 1. The van der Waals surface area contributed by atoms with Gasteiger partial charge in [-0.1, -0.05) is 6.07 Å². The Bertz CT molecular complexity index is 1020. The average molecular weight is 440 g/mol. The van der Waals surface area contributed by atoms with E-state index in [4.69, 9.17) is 4.74 Å². The van der Waals surface area contributed by atoms with Gasteiger partial charge >= 0.3 is 0 Å². The van der Waals surface area contributed by atoms with E-state index in [0.717, 1.165) is 61.6 Å². The van der Waals surface area contributed by atoms with Crippen LogP contribution in [0.2, 0.25) is 0 Å². The van der Waals surface area contributed by atoms with E-state index in [1.165, 1.54) is 0 Å². The van der Waals surface area contributed by atoms with Crippen LogP contribution in [-0.4, -0.2) is 83.3 Å². The second-order valence-corrected chi connectivity index (χ2v) is 8.59. The molecule has 2 saturated heterocycles. The number of hydrogen-bond donors (Lipinski definition) is 0. The minimum absolute atomic E-state index is 0.0196. The van der Waals surface area contributed by atoms with E-state index < -0.39 is 0 Å². The summed E-state index contributed by atoms with van der Waals surface area (Å²) in [6.07, 6.45) is 0. The Labute approximate surface area is 184 Å². The van der Waals surface area contributed by atoms with Gasteiger partial charge in [0.2, 0.25) is 0 Å². The van der Waals surface area contributed by atoms with Crippen LogP contribution in [0.1, 0.15) is 10.5 Å². The molecule has 0 aromatic carbocycles. The number of rotatable bonds is 4. The lowest BCUT2D eigenvalue weighted by molar-refractivity contribution is 0.0735. The van der Waals surface area contributed by atoms with E-state index in [2.05, 4.69) is 25.1 Å². The number of carbonyl (C=O) groups is 1. The van der Waals surface area contributed by atoms with Gasteiger partial charge in [0.05, 0.1) is 18.1 Å².